The lowest BCUT2D eigenvalue weighted by Gasteiger charge is -2.38. The summed E-state index contributed by atoms with van der Waals surface area (Å²) in [5.74, 6) is 0.741. The fraction of sp³-hybridized carbons (Fsp3) is 0.800. The van der Waals surface area contributed by atoms with Crippen LogP contribution in [-0.4, -0.2) is 41.0 Å². The number of piperidine rings is 1. The highest BCUT2D eigenvalue weighted by Crippen LogP contribution is 2.31. The number of hydrogen-bond donors (Lipinski definition) is 2. The van der Waals surface area contributed by atoms with Crippen molar-refractivity contribution in [3.05, 3.63) is 16.1 Å². The van der Waals surface area contributed by atoms with Gasteiger partial charge in [0.2, 0.25) is 5.91 Å². The molecule has 2 fully saturated rings. The Bertz CT molecular complexity index is 603. The van der Waals surface area contributed by atoms with Gasteiger partial charge in [0.15, 0.2) is 0 Å². The number of aryl methyl sites for hydroxylation is 1. The van der Waals surface area contributed by atoms with Crippen LogP contribution in [0, 0.1) is 11.8 Å². The molecule has 1 aliphatic heterocycles. The first-order chi connectivity index (χ1) is 12.5. The Morgan fingerprint density at radius 2 is 2.04 bits per heavy atom. The molecule has 0 aromatic carbocycles. The van der Waals surface area contributed by atoms with Gasteiger partial charge < -0.3 is 11.1 Å². The zero-order valence-corrected chi connectivity index (χ0v) is 19.6. The number of nitrogens with one attached hydrogen (secondary N) is 1. The molecule has 1 amide bonds. The Morgan fingerprint density at radius 1 is 1.32 bits per heavy atom. The van der Waals surface area contributed by atoms with Crippen molar-refractivity contribution in [3.63, 3.8) is 0 Å². The van der Waals surface area contributed by atoms with Crippen LogP contribution in [-0.2, 0) is 17.8 Å². The minimum atomic E-state index is -0.337. The van der Waals surface area contributed by atoms with Crippen LogP contribution in [0.5, 0.6) is 0 Å². The maximum Gasteiger partial charge on any atom is 0.224 e. The second kappa shape index (κ2) is 11.7. The Hall–Kier alpha value is -0.400. The number of carbonyl (C=O) groups is 1. The lowest BCUT2D eigenvalue weighted by Crippen LogP contribution is -2.53. The van der Waals surface area contributed by atoms with Gasteiger partial charge in [0, 0.05) is 24.0 Å². The van der Waals surface area contributed by atoms with Gasteiger partial charge in [0.1, 0.15) is 0 Å². The monoisotopic (exact) mass is 450 g/mol. The van der Waals surface area contributed by atoms with Gasteiger partial charge in [0.25, 0.3) is 0 Å². The molecule has 1 saturated heterocycles. The quantitative estimate of drug-likeness (QED) is 0.691. The van der Waals surface area contributed by atoms with Crippen molar-refractivity contribution in [1.82, 2.24) is 15.2 Å². The zero-order chi connectivity index (χ0) is 18.6. The summed E-state index contributed by atoms with van der Waals surface area (Å²) in [5, 5.41) is 6.63. The van der Waals surface area contributed by atoms with Gasteiger partial charge in [-0.1, -0.05) is 19.8 Å². The van der Waals surface area contributed by atoms with Crippen LogP contribution in [0.25, 0.3) is 0 Å². The van der Waals surface area contributed by atoms with Gasteiger partial charge in [-0.15, -0.1) is 36.2 Å². The van der Waals surface area contributed by atoms with Crippen LogP contribution in [0.3, 0.4) is 0 Å². The molecule has 8 heteroatoms. The number of halogens is 2. The van der Waals surface area contributed by atoms with E-state index in [9.17, 15) is 4.79 Å². The van der Waals surface area contributed by atoms with E-state index in [4.69, 9.17) is 5.73 Å². The van der Waals surface area contributed by atoms with E-state index in [-0.39, 0.29) is 42.2 Å². The Labute approximate surface area is 186 Å². The fourth-order valence-electron chi connectivity index (χ4n) is 4.32. The Kier molecular flexibility index (Phi) is 10.7. The molecular weight excluding hydrogens is 415 g/mol. The second-order valence-corrected chi connectivity index (χ2v) is 9.30. The van der Waals surface area contributed by atoms with E-state index >= 15 is 0 Å². The third kappa shape index (κ3) is 6.84. The summed E-state index contributed by atoms with van der Waals surface area (Å²) in [6.45, 7) is 8.15. The van der Waals surface area contributed by atoms with Gasteiger partial charge >= 0.3 is 0 Å². The summed E-state index contributed by atoms with van der Waals surface area (Å²) in [7, 11) is 0. The largest absolute Gasteiger partial charge is 0.356 e. The van der Waals surface area contributed by atoms with Crippen LogP contribution in [0.1, 0.15) is 63.1 Å². The number of amides is 1. The average molecular weight is 452 g/mol. The number of nitrogens with two attached hydrogens (primary N) is 1. The van der Waals surface area contributed by atoms with Crippen LogP contribution < -0.4 is 11.1 Å². The van der Waals surface area contributed by atoms with Crippen LogP contribution in [0.15, 0.2) is 5.38 Å². The molecule has 0 spiro atoms. The van der Waals surface area contributed by atoms with Crippen molar-refractivity contribution in [1.29, 1.82) is 0 Å². The first-order valence-electron chi connectivity index (χ1n) is 10.2. The van der Waals surface area contributed by atoms with E-state index in [0.29, 0.717) is 5.92 Å². The summed E-state index contributed by atoms with van der Waals surface area (Å²) >= 11 is 1.77. The molecular formula is C20H36Cl2N4OS. The van der Waals surface area contributed by atoms with Crippen molar-refractivity contribution >= 4 is 42.1 Å². The molecule has 0 radical (unpaired) electrons. The van der Waals surface area contributed by atoms with Gasteiger partial charge in [-0.3, -0.25) is 9.69 Å². The van der Waals surface area contributed by atoms with E-state index in [2.05, 4.69) is 27.5 Å². The highest BCUT2D eigenvalue weighted by atomic mass is 35.5. The maximum atomic E-state index is 12.6. The van der Waals surface area contributed by atoms with E-state index in [1.807, 2.05) is 6.92 Å². The molecule has 1 aromatic heterocycles. The molecule has 5 nitrogen and oxygen atoms in total. The molecule has 2 atom stereocenters. The molecule has 1 aromatic rings. The van der Waals surface area contributed by atoms with E-state index in [0.717, 1.165) is 71.1 Å². The maximum absolute atomic E-state index is 12.6. The zero-order valence-electron chi connectivity index (χ0n) is 17.1. The third-order valence-electron chi connectivity index (χ3n) is 6.13. The lowest BCUT2D eigenvalue weighted by atomic mass is 9.74. The fourth-order valence-corrected chi connectivity index (χ4v) is 5.05. The van der Waals surface area contributed by atoms with E-state index < -0.39 is 0 Å². The van der Waals surface area contributed by atoms with Crippen LogP contribution in [0.2, 0.25) is 0 Å². The summed E-state index contributed by atoms with van der Waals surface area (Å²) in [6.07, 6.45) is 7.48. The standard InChI is InChI=1S/C20H34N4OS.2ClH/c1-3-18-23-16(14-26-18)13-24-10-7-15(8-11-24)12-22-19(25)17-6-4-5-9-20(17,2)21;;/h14-15,17H,3-13,21H2,1-2H3,(H,22,25);2*1H. The van der Waals surface area contributed by atoms with Gasteiger partial charge in [-0.2, -0.15) is 0 Å². The summed E-state index contributed by atoms with van der Waals surface area (Å²) < 4.78 is 0. The summed E-state index contributed by atoms with van der Waals surface area (Å²) in [5.41, 5.74) is 7.23. The summed E-state index contributed by atoms with van der Waals surface area (Å²) in [4.78, 5) is 19.7. The number of rotatable bonds is 6. The number of likely N-dealkylation sites (tertiary alicyclic amines) is 1. The van der Waals surface area contributed by atoms with E-state index in [1.54, 1.807) is 11.3 Å². The molecule has 162 valence electrons. The lowest BCUT2D eigenvalue weighted by molar-refractivity contribution is -0.128. The number of aromatic nitrogens is 1. The first kappa shape index (κ1) is 25.6. The highest BCUT2D eigenvalue weighted by molar-refractivity contribution is 7.09. The molecule has 1 saturated carbocycles. The second-order valence-electron chi connectivity index (χ2n) is 8.35. The molecule has 28 heavy (non-hydrogen) atoms. The van der Waals surface area contributed by atoms with E-state index in [1.165, 1.54) is 10.7 Å². The Morgan fingerprint density at radius 3 is 2.64 bits per heavy atom. The van der Waals surface area contributed by atoms with Crippen molar-refractivity contribution in [2.45, 2.75) is 70.9 Å². The molecule has 3 rings (SSSR count). The summed E-state index contributed by atoms with van der Waals surface area (Å²) in [6, 6.07) is 0. The molecule has 3 N–H and O–H groups in total. The Balaban J connectivity index is 0.00000196. The topological polar surface area (TPSA) is 71.2 Å². The van der Waals surface area contributed by atoms with Gasteiger partial charge in [-0.25, -0.2) is 4.98 Å². The molecule has 0 bridgehead atoms. The highest BCUT2D eigenvalue weighted by Gasteiger charge is 2.37. The van der Waals surface area contributed by atoms with Crippen molar-refractivity contribution in [2.75, 3.05) is 19.6 Å². The molecule has 2 heterocycles. The predicted molar refractivity (Wildman–Crippen MR) is 122 cm³/mol. The van der Waals surface area contributed by atoms with Crippen molar-refractivity contribution in [3.8, 4) is 0 Å². The van der Waals surface area contributed by atoms with Crippen molar-refractivity contribution < 1.29 is 4.79 Å². The number of hydrogen-bond acceptors (Lipinski definition) is 5. The normalized spacial score (nSPS) is 26.2. The van der Waals surface area contributed by atoms with Gasteiger partial charge in [0.05, 0.1) is 16.6 Å². The first-order valence-corrected chi connectivity index (χ1v) is 11.1. The SMILES string of the molecule is CCc1nc(CN2CCC(CNC(=O)C3CCCCC3(C)N)CC2)cs1.Cl.Cl. The minimum Gasteiger partial charge on any atom is -0.356 e. The third-order valence-corrected chi connectivity index (χ3v) is 7.17. The smallest absolute Gasteiger partial charge is 0.224 e. The number of nitrogens with zero attached hydrogens (tertiary/aromatic N) is 2. The number of thiazole rings is 1. The van der Waals surface area contributed by atoms with Crippen molar-refractivity contribution in [2.24, 2.45) is 17.6 Å². The predicted octanol–water partition coefficient (Wildman–Crippen LogP) is 3.78. The molecule has 2 unspecified atom stereocenters. The van der Waals surface area contributed by atoms with Gasteiger partial charge in [-0.05, 0) is 58.0 Å². The average Bonchev–Trinajstić information content (AvgIpc) is 3.08. The minimum absolute atomic E-state index is 0. The number of carbonyl (C=O) groups excluding carboxylic acids is 1. The van der Waals surface area contributed by atoms with Crippen LogP contribution >= 0.6 is 36.2 Å². The molecule has 2 aliphatic rings. The van der Waals surface area contributed by atoms with Crippen LogP contribution in [0.4, 0.5) is 0 Å². The molecule has 1 aliphatic carbocycles.